The summed E-state index contributed by atoms with van der Waals surface area (Å²) >= 11 is 0. The van der Waals surface area contributed by atoms with Crippen LogP contribution in [0.3, 0.4) is 0 Å². The van der Waals surface area contributed by atoms with Gasteiger partial charge in [-0.25, -0.2) is 9.59 Å². The standard InChI is InChI=1S/C5H11N.C2BF2O4/c1-6-4-2-3-5-6;4-3(5)8-1(6)2(7)9-3/h2-5H2,1H3;/q;-1/p+1. The predicted octanol–water partition coefficient (Wildman–Crippen LogP) is -1.24. The maximum absolute atomic E-state index is 11.6. The first-order valence-corrected chi connectivity index (χ1v) is 4.68. The van der Waals surface area contributed by atoms with Crippen molar-refractivity contribution in [3.05, 3.63) is 0 Å². The second kappa shape index (κ2) is 4.56. The number of carbonyl (C=O) groups is 2. The average Bonchev–Trinajstić information content (AvgIpc) is 2.62. The molecule has 2 fully saturated rings. The molecule has 2 aliphatic rings. The Kier molecular flexibility index (Phi) is 3.62. The third kappa shape index (κ3) is 3.82. The van der Waals surface area contributed by atoms with Crippen LogP contribution in [0.15, 0.2) is 0 Å². The van der Waals surface area contributed by atoms with Crippen molar-refractivity contribution in [2.75, 3.05) is 20.1 Å². The molecule has 0 spiro atoms. The van der Waals surface area contributed by atoms with Crippen LogP contribution in [-0.4, -0.2) is 39.2 Å². The molecule has 0 radical (unpaired) electrons. The molecule has 0 atom stereocenters. The molecule has 5 nitrogen and oxygen atoms in total. The van der Waals surface area contributed by atoms with Gasteiger partial charge in [0.15, 0.2) is 0 Å². The first-order chi connectivity index (χ1) is 6.91. The highest BCUT2D eigenvalue weighted by molar-refractivity contribution is 6.65. The number of carbonyl (C=O) groups excluding carboxylic acids is 2. The smallest absolute Gasteiger partial charge is 0.593 e. The van der Waals surface area contributed by atoms with Crippen LogP contribution < -0.4 is 4.90 Å². The lowest BCUT2D eigenvalue weighted by atomic mass is 10.2. The van der Waals surface area contributed by atoms with Crippen molar-refractivity contribution in [3.8, 4) is 0 Å². The molecule has 0 saturated carbocycles. The fourth-order valence-electron chi connectivity index (χ4n) is 1.35. The van der Waals surface area contributed by atoms with Crippen molar-refractivity contribution in [2.24, 2.45) is 0 Å². The number of likely N-dealkylation sites (tertiary alicyclic amines) is 1. The van der Waals surface area contributed by atoms with Gasteiger partial charge in [-0.05, 0) is 0 Å². The van der Waals surface area contributed by atoms with Gasteiger partial charge in [0.1, 0.15) is 0 Å². The largest absolute Gasteiger partial charge is 0.730 e. The zero-order valence-electron chi connectivity index (χ0n) is 8.29. The van der Waals surface area contributed by atoms with Crippen LogP contribution in [-0.2, 0) is 18.9 Å². The van der Waals surface area contributed by atoms with Crippen molar-refractivity contribution >= 4 is 19.0 Å². The fourth-order valence-corrected chi connectivity index (χ4v) is 1.35. The molecule has 0 unspecified atom stereocenters. The average molecular weight is 223 g/mol. The minimum atomic E-state index is -4.65. The molecule has 0 aromatic carbocycles. The normalized spacial score (nSPS) is 24.2. The highest BCUT2D eigenvalue weighted by atomic mass is 19.3. The molecule has 2 rings (SSSR count). The lowest BCUT2D eigenvalue weighted by Crippen LogP contribution is -3.06. The molecular weight excluding hydrogens is 211 g/mol. The summed E-state index contributed by atoms with van der Waals surface area (Å²) in [6.07, 6.45) is 2.90. The number of halogens is 2. The zero-order chi connectivity index (χ0) is 11.5. The molecule has 86 valence electrons. The van der Waals surface area contributed by atoms with Crippen molar-refractivity contribution in [2.45, 2.75) is 12.8 Å². The molecule has 1 N–H and O–H groups in total. The Labute approximate surface area is 85.4 Å². The molecule has 2 heterocycles. The Morgan fingerprint density at radius 2 is 1.53 bits per heavy atom. The van der Waals surface area contributed by atoms with E-state index in [0.717, 1.165) is 0 Å². The van der Waals surface area contributed by atoms with Gasteiger partial charge in [-0.15, -0.1) is 0 Å². The molecule has 8 heteroatoms. The van der Waals surface area contributed by atoms with Crippen LogP contribution in [0.25, 0.3) is 0 Å². The minimum Gasteiger partial charge on any atom is -0.593 e. The molecule has 0 amide bonds. The Bertz CT molecular complexity index is 250. The second-order valence-corrected chi connectivity index (χ2v) is 3.51. The lowest BCUT2D eigenvalue weighted by molar-refractivity contribution is -0.866. The first kappa shape index (κ1) is 11.9. The SMILES string of the molecule is C[NH+]1CCCC1.O=C1O[B-](F)(F)OC1=O. The first-order valence-electron chi connectivity index (χ1n) is 4.68. The lowest BCUT2D eigenvalue weighted by Gasteiger charge is -2.10. The van der Waals surface area contributed by atoms with Crippen molar-refractivity contribution < 1.29 is 32.4 Å². The highest BCUT2D eigenvalue weighted by Crippen LogP contribution is 2.17. The minimum absolute atomic E-state index is 1.40. The maximum atomic E-state index is 11.6. The van der Waals surface area contributed by atoms with Gasteiger partial charge in [0.05, 0.1) is 20.1 Å². The Hall–Kier alpha value is -1.18. The molecule has 2 aliphatic heterocycles. The molecule has 0 aromatic heterocycles. The van der Waals surface area contributed by atoms with E-state index < -0.39 is 19.0 Å². The van der Waals surface area contributed by atoms with Gasteiger partial charge in [-0.3, -0.25) is 0 Å². The van der Waals surface area contributed by atoms with Gasteiger partial charge < -0.3 is 22.8 Å². The van der Waals surface area contributed by atoms with Gasteiger partial charge in [-0.2, -0.15) is 0 Å². The molecule has 15 heavy (non-hydrogen) atoms. The summed E-state index contributed by atoms with van der Waals surface area (Å²) in [6.45, 7) is 2.81. The van der Waals surface area contributed by atoms with Gasteiger partial charge in [0, 0.05) is 12.8 Å². The van der Waals surface area contributed by atoms with E-state index in [2.05, 4.69) is 16.4 Å². The van der Waals surface area contributed by atoms with E-state index in [1.54, 1.807) is 4.90 Å². The molecule has 2 saturated heterocycles. The summed E-state index contributed by atoms with van der Waals surface area (Å²) in [5.74, 6) is -3.28. The van der Waals surface area contributed by atoms with Crippen LogP contribution in [0.5, 0.6) is 0 Å². The van der Waals surface area contributed by atoms with Crippen LogP contribution in [0.4, 0.5) is 8.63 Å². The third-order valence-electron chi connectivity index (χ3n) is 2.11. The van der Waals surface area contributed by atoms with E-state index in [4.69, 9.17) is 0 Å². The Morgan fingerprint density at radius 1 is 1.13 bits per heavy atom. The third-order valence-corrected chi connectivity index (χ3v) is 2.11. The number of hydrogen-bond donors (Lipinski definition) is 1. The topological polar surface area (TPSA) is 57.0 Å². The summed E-state index contributed by atoms with van der Waals surface area (Å²) in [6, 6.07) is 0. The van der Waals surface area contributed by atoms with Crippen LogP contribution in [0.1, 0.15) is 12.8 Å². The number of quaternary nitrogens is 1. The summed E-state index contributed by atoms with van der Waals surface area (Å²) in [5, 5.41) is 0. The zero-order valence-corrected chi connectivity index (χ0v) is 8.29. The van der Waals surface area contributed by atoms with E-state index in [1.165, 1.54) is 25.9 Å². The van der Waals surface area contributed by atoms with Gasteiger partial charge >= 0.3 is 19.0 Å². The summed E-state index contributed by atoms with van der Waals surface area (Å²) < 4.78 is 29.6. The summed E-state index contributed by atoms with van der Waals surface area (Å²) in [5.41, 5.74) is 0. The molecular formula is C7H12BF2NO4. The van der Waals surface area contributed by atoms with Gasteiger partial charge in [0.25, 0.3) is 0 Å². The number of nitrogens with one attached hydrogen (secondary N) is 1. The highest BCUT2D eigenvalue weighted by Gasteiger charge is 2.46. The Balaban J connectivity index is 0.000000162. The van der Waals surface area contributed by atoms with Crippen molar-refractivity contribution in [1.29, 1.82) is 0 Å². The number of rotatable bonds is 0. The van der Waals surface area contributed by atoms with Crippen LogP contribution in [0.2, 0.25) is 0 Å². The van der Waals surface area contributed by atoms with E-state index in [-0.39, 0.29) is 0 Å². The van der Waals surface area contributed by atoms with Crippen molar-refractivity contribution in [1.82, 2.24) is 0 Å². The van der Waals surface area contributed by atoms with Crippen LogP contribution in [0, 0.1) is 0 Å². The summed E-state index contributed by atoms with van der Waals surface area (Å²) in [7, 11) is -2.39. The molecule has 0 aliphatic carbocycles. The van der Waals surface area contributed by atoms with E-state index in [0.29, 0.717) is 0 Å². The quantitative estimate of drug-likeness (QED) is 0.412. The van der Waals surface area contributed by atoms with E-state index in [1.807, 2.05) is 0 Å². The predicted molar refractivity (Wildman–Crippen MR) is 46.0 cm³/mol. The Morgan fingerprint density at radius 3 is 1.67 bits per heavy atom. The monoisotopic (exact) mass is 223 g/mol. The maximum Gasteiger partial charge on any atom is 0.730 e. The van der Waals surface area contributed by atoms with Gasteiger partial charge in [-0.1, -0.05) is 0 Å². The van der Waals surface area contributed by atoms with E-state index in [9.17, 15) is 18.2 Å². The van der Waals surface area contributed by atoms with E-state index >= 15 is 0 Å². The van der Waals surface area contributed by atoms with Crippen LogP contribution >= 0.6 is 0 Å². The summed E-state index contributed by atoms with van der Waals surface area (Å²) in [4.78, 5) is 21.4. The van der Waals surface area contributed by atoms with Crippen molar-refractivity contribution in [3.63, 3.8) is 0 Å². The molecule has 0 aromatic rings. The fraction of sp³-hybridized carbons (Fsp3) is 0.714. The molecule has 0 bridgehead atoms. The number of hydrogen-bond acceptors (Lipinski definition) is 4. The van der Waals surface area contributed by atoms with Gasteiger partial charge in [0.2, 0.25) is 0 Å². The second-order valence-electron chi connectivity index (χ2n) is 3.51.